The molecule has 2 aromatic carbocycles. The van der Waals surface area contributed by atoms with Gasteiger partial charge in [-0.3, -0.25) is 19.8 Å². The fourth-order valence-electron chi connectivity index (χ4n) is 2.12. The lowest BCUT2D eigenvalue weighted by Crippen LogP contribution is -2.37. The summed E-state index contributed by atoms with van der Waals surface area (Å²) in [7, 11) is 0. The van der Waals surface area contributed by atoms with Gasteiger partial charge in [-0.15, -0.1) is 0 Å². The molecular formula is C15H14N2O4. The molecule has 0 heterocycles. The van der Waals surface area contributed by atoms with Gasteiger partial charge in [0, 0.05) is 11.3 Å². The van der Waals surface area contributed by atoms with Crippen molar-refractivity contribution >= 4 is 11.7 Å². The Balaban J connectivity index is 2.46. The Morgan fingerprint density at radius 3 is 2.10 bits per heavy atom. The fourth-order valence-corrected chi connectivity index (χ4v) is 2.12. The average molecular weight is 286 g/mol. The van der Waals surface area contributed by atoms with Crippen molar-refractivity contribution < 1.29 is 14.8 Å². The van der Waals surface area contributed by atoms with E-state index in [2.05, 4.69) is 0 Å². The van der Waals surface area contributed by atoms with Crippen molar-refractivity contribution in [3.05, 3.63) is 76.3 Å². The molecule has 2 rings (SSSR count). The minimum atomic E-state index is -1.25. The molecule has 6 heteroatoms. The summed E-state index contributed by atoms with van der Waals surface area (Å²) in [5.74, 6) is -1.12. The highest BCUT2D eigenvalue weighted by atomic mass is 16.6. The monoisotopic (exact) mass is 286 g/mol. The van der Waals surface area contributed by atoms with Crippen molar-refractivity contribution in [1.29, 1.82) is 0 Å². The van der Waals surface area contributed by atoms with Gasteiger partial charge in [0.05, 0.1) is 4.92 Å². The van der Waals surface area contributed by atoms with Crippen LogP contribution in [-0.4, -0.2) is 22.5 Å². The van der Waals surface area contributed by atoms with E-state index in [1.807, 2.05) is 0 Å². The van der Waals surface area contributed by atoms with Crippen LogP contribution < -0.4 is 4.90 Å². The second-order valence-electron chi connectivity index (χ2n) is 4.43. The first-order chi connectivity index (χ1) is 10.1. The predicted molar refractivity (Wildman–Crippen MR) is 77.6 cm³/mol. The molecule has 21 heavy (non-hydrogen) atoms. The van der Waals surface area contributed by atoms with Crippen LogP contribution >= 0.6 is 0 Å². The van der Waals surface area contributed by atoms with Crippen molar-refractivity contribution in [3.63, 3.8) is 0 Å². The third kappa shape index (κ3) is 3.56. The zero-order valence-corrected chi connectivity index (χ0v) is 11.1. The summed E-state index contributed by atoms with van der Waals surface area (Å²) in [6.07, 6.45) is -1.25. The van der Waals surface area contributed by atoms with Crippen LogP contribution in [0, 0.1) is 10.1 Å². The second-order valence-corrected chi connectivity index (χ2v) is 4.43. The second kappa shape index (κ2) is 6.51. The summed E-state index contributed by atoms with van der Waals surface area (Å²) >= 11 is 0. The highest BCUT2D eigenvalue weighted by Crippen LogP contribution is 2.27. The highest BCUT2D eigenvalue weighted by molar-refractivity contribution is 5.74. The predicted octanol–water partition coefficient (Wildman–Crippen LogP) is 2.55. The molecule has 0 radical (unpaired) electrons. The van der Waals surface area contributed by atoms with Gasteiger partial charge in [0.1, 0.15) is 6.54 Å². The summed E-state index contributed by atoms with van der Waals surface area (Å²) in [6, 6.07) is 16.9. The van der Waals surface area contributed by atoms with Gasteiger partial charge in [0.2, 0.25) is 0 Å². The first-order valence-corrected chi connectivity index (χ1v) is 6.31. The van der Waals surface area contributed by atoms with E-state index in [0.717, 1.165) is 0 Å². The summed E-state index contributed by atoms with van der Waals surface area (Å²) < 4.78 is 0. The topological polar surface area (TPSA) is 83.7 Å². The average Bonchev–Trinajstić information content (AvgIpc) is 2.48. The number of nitrogens with zero attached hydrogens (tertiary/aromatic N) is 2. The molecule has 0 saturated carbocycles. The highest BCUT2D eigenvalue weighted by Gasteiger charge is 2.32. The molecule has 6 nitrogen and oxygen atoms in total. The zero-order chi connectivity index (χ0) is 15.2. The number of aliphatic carboxylic acids is 1. The zero-order valence-electron chi connectivity index (χ0n) is 11.1. The van der Waals surface area contributed by atoms with Crippen molar-refractivity contribution in [2.45, 2.75) is 6.17 Å². The lowest BCUT2D eigenvalue weighted by Gasteiger charge is -2.26. The van der Waals surface area contributed by atoms with Crippen LogP contribution in [-0.2, 0) is 4.79 Å². The van der Waals surface area contributed by atoms with E-state index in [9.17, 15) is 14.9 Å². The molecule has 1 unspecified atom stereocenters. The summed E-state index contributed by atoms with van der Waals surface area (Å²) in [5, 5.41) is 20.5. The van der Waals surface area contributed by atoms with Gasteiger partial charge in [0.15, 0.2) is 0 Å². The quantitative estimate of drug-likeness (QED) is 0.501. The molecule has 0 saturated heterocycles. The number of hydrogen-bond acceptors (Lipinski definition) is 4. The maximum absolute atomic E-state index is 11.5. The largest absolute Gasteiger partial charge is 0.480 e. The fraction of sp³-hybridized carbons (Fsp3) is 0.133. The third-order valence-corrected chi connectivity index (χ3v) is 2.99. The van der Waals surface area contributed by atoms with Crippen molar-refractivity contribution in [1.82, 2.24) is 0 Å². The molecule has 0 amide bonds. The van der Waals surface area contributed by atoms with Crippen LogP contribution in [0.1, 0.15) is 11.7 Å². The SMILES string of the molecule is O=C(O)CN(c1ccccc1)C(c1ccccc1)[N+](=O)[O-]. The normalized spacial score (nSPS) is 11.6. The van der Waals surface area contributed by atoms with Gasteiger partial charge in [-0.2, -0.15) is 0 Å². The van der Waals surface area contributed by atoms with Gasteiger partial charge in [0.25, 0.3) is 0 Å². The maximum atomic E-state index is 11.5. The van der Waals surface area contributed by atoms with Gasteiger partial charge >= 0.3 is 12.1 Å². The molecule has 1 N–H and O–H groups in total. The van der Waals surface area contributed by atoms with Gasteiger partial charge in [-0.25, -0.2) is 0 Å². The van der Waals surface area contributed by atoms with E-state index in [1.165, 1.54) is 4.90 Å². The number of anilines is 1. The molecule has 0 spiro atoms. The Morgan fingerprint density at radius 1 is 1.10 bits per heavy atom. The number of para-hydroxylation sites is 1. The van der Waals surface area contributed by atoms with E-state index in [-0.39, 0.29) is 0 Å². The lowest BCUT2D eigenvalue weighted by atomic mass is 10.1. The summed E-state index contributed by atoms with van der Waals surface area (Å²) in [5.41, 5.74) is 0.929. The minimum absolute atomic E-state index is 0.438. The third-order valence-electron chi connectivity index (χ3n) is 2.99. The Morgan fingerprint density at radius 2 is 1.62 bits per heavy atom. The number of carbonyl (C=O) groups is 1. The number of nitro groups is 1. The maximum Gasteiger partial charge on any atom is 0.323 e. The number of carboxylic acid groups (broad SMARTS) is 1. The van der Waals surface area contributed by atoms with Gasteiger partial charge in [-0.05, 0) is 12.1 Å². The van der Waals surface area contributed by atoms with Gasteiger partial charge in [-0.1, -0.05) is 48.5 Å². The molecule has 1 atom stereocenters. The van der Waals surface area contributed by atoms with Crippen molar-refractivity contribution in [3.8, 4) is 0 Å². The van der Waals surface area contributed by atoms with E-state index in [4.69, 9.17) is 5.11 Å². The molecule has 0 aliphatic heterocycles. The van der Waals surface area contributed by atoms with E-state index in [0.29, 0.717) is 11.3 Å². The smallest absolute Gasteiger partial charge is 0.323 e. The van der Waals surface area contributed by atoms with Gasteiger partial charge < -0.3 is 5.11 Å². The van der Waals surface area contributed by atoms with Crippen LogP contribution in [0.25, 0.3) is 0 Å². The first-order valence-electron chi connectivity index (χ1n) is 6.31. The number of hydrogen-bond donors (Lipinski definition) is 1. The van der Waals surface area contributed by atoms with Crippen LogP contribution in [0.5, 0.6) is 0 Å². The molecule has 0 bridgehead atoms. The number of rotatable bonds is 6. The molecule has 0 aromatic heterocycles. The van der Waals surface area contributed by atoms with Crippen LogP contribution in [0.4, 0.5) is 5.69 Å². The Labute approximate surface area is 121 Å². The molecule has 108 valence electrons. The Kier molecular flexibility index (Phi) is 4.50. The Hall–Kier alpha value is -2.89. The summed E-state index contributed by atoms with van der Waals surface area (Å²) in [6.45, 7) is -0.454. The first kappa shape index (κ1) is 14.5. The molecule has 2 aromatic rings. The standard InChI is InChI=1S/C15H14N2O4/c18-14(19)11-16(13-9-5-2-6-10-13)15(17(20)21)12-7-3-1-4-8-12/h1-10,15H,11H2,(H,18,19). The number of benzene rings is 2. The van der Waals surface area contributed by atoms with Crippen molar-refractivity contribution in [2.75, 3.05) is 11.4 Å². The minimum Gasteiger partial charge on any atom is -0.480 e. The number of carboxylic acids is 1. The molecule has 0 aliphatic rings. The van der Waals surface area contributed by atoms with Crippen LogP contribution in [0.2, 0.25) is 0 Å². The van der Waals surface area contributed by atoms with E-state index < -0.39 is 23.6 Å². The van der Waals surface area contributed by atoms with Crippen LogP contribution in [0.3, 0.4) is 0 Å². The van der Waals surface area contributed by atoms with Crippen LogP contribution in [0.15, 0.2) is 60.7 Å². The molecule has 0 fully saturated rings. The summed E-state index contributed by atoms with van der Waals surface area (Å²) in [4.78, 5) is 23.3. The molecule has 0 aliphatic carbocycles. The Bertz CT molecular complexity index is 616. The lowest BCUT2D eigenvalue weighted by molar-refractivity contribution is -0.528. The van der Waals surface area contributed by atoms with E-state index in [1.54, 1.807) is 60.7 Å². The van der Waals surface area contributed by atoms with E-state index >= 15 is 0 Å². The molecular weight excluding hydrogens is 272 g/mol. The van der Waals surface area contributed by atoms with Crippen molar-refractivity contribution in [2.24, 2.45) is 0 Å².